The molecule has 2 heterocycles. The Bertz CT molecular complexity index is 1340. The van der Waals surface area contributed by atoms with Crippen LogP contribution in [0.3, 0.4) is 0 Å². The van der Waals surface area contributed by atoms with E-state index in [0.29, 0.717) is 35.0 Å². The van der Waals surface area contributed by atoms with Gasteiger partial charge in [0.1, 0.15) is 5.60 Å². The number of aliphatic hydroxyl groups is 1. The first-order valence-corrected chi connectivity index (χ1v) is 13.8. The van der Waals surface area contributed by atoms with Crippen LogP contribution in [0.5, 0.6) is 0 Å². The van der Waals surface area contributed by atoms with E-state index in [1.54, 1.807) is 26.8 Å². The van der Waals surface area contributed by atoms with Gasteiger partial charge in [0.2, 0.25) is 5.91 Å². The molecule has 0 bridgehead atoms. The molecule has 0 unspecified atom stereocenters. The van der Waals surface area contributed by atoms with E-state index in [1.807, 2.05) is 60.7 Å². The lowest BCUT2D eigenvalue weighted by molar-refractivity contribution is -0.147. The third kappa shape index (κ3) is 6.99. The number of piperidine rings is 1. The van der Waals surface area contributed by atoms with E-state index in [2.05, 4.69) is 5.32 Å². The molecular formula is C31H34Cl2N2O4. The first kappa shape index (κ1) is 29.1. The summed E-state index contributed by atoms with van der Waals surface area (Å²) in [4.78, 5) is 29.7. The second-order valence-corrected chi connectivity index (χ2v) is 12.1. The van der Waals surface area contributed by atoms with E-state index in [9.17, 15) is 19.8 Å². The van der Waals surface area contributed by atoms with Gasteiger partial charge in [-0.1, -0.05) is 60.5 Å². The summed E-state index contributed by atoms with van der Waals surface area (Å²) in [5.41, 5.74) is 1.25. The minimum Gasteiger partial charge on any atom is -0.481 e. The summed E-state index contributed by atoms with van der Waals surface area (Å²) >= 11 is 12.5. The van der Waals surface area contributed by atoms with Gasteiger partial charge in [-0.05, 0) is 80.6 Å². The lowest BCUT2D eigenvalue weighted by atomic mass is 9.68. The number of aromatic nitrogens is 1. The lowest BCUT2D eigenvalue weighted by Crippen LogP contribution is -2.54. The molecule has 0 radical (unpaired) electrons. The van der Waals surface area contributed by atoms with Crippen LogP contribution in [-0.4, -0.2) is 33.1 Å². The van der Waals surface area contributed by atoms with Crippen molar-refractivity contribution in [3.63, 3.8) is 0 Å². The number of nitrogens with zero attached hydrogens (tertiary/aromatic N) is 1. The predicted octanol–water partition coefficient (Wildman–Crippen LogP) is 6.68. The summed E-state index contributed by atoms with van der Waals surface area (Å²) in [6.45, 7) is 5.13. The topological polar surface area (TPSA) is 99.5 Å². The first-order chi connectivity index (χ1) is 18.4. The fourth-order valence-corrected chi connectivity index (χ4v) is 5.85. The fraction of sp³-hybridized carbons (Fsp3) is 0.387. The second-order valence-electron chi connectivity index (χ2n) is 11.3. The van der Waals surface area contributed by atoms with E-state index in [-0.39, 0.29) is 30.2 Å². The average molecular weight is 570 g/mol. The Kier molecular flexibility index (Phi) is 8.69. The van der Waals surface area contributed by atoms with Gasteiger partial charge in [-0.2, -0.15) is 0 Å². The average Bonchev–Trinajstić information content (AvgIpc) is 2.86. The molecule has 1 aliphatic heterocycles. The number of benzene rings is 2. The third-order valence-corrected chi connectivity index (χ3v) is 8.12. The molecular weight excluding hydrogens is 535 g/mol. The number of pyridine rings is 1. The molecule has 1 fully saturated rings. The number of hydrogen-bond donors (Lipinski definition) is 3. The highest BCUT2D eigenvalue weighted by atomic mass is 35.5. The van der Waals surface area contributed by atoms with Crippen molar-refractivity contribution in [2.75, 3.05) is 0 Å². The van der Waals surface area contributed by atoms with Crippen LogP contribution < -0.4 is 5.32 Å². The van der Waals surface area contributed by atoms with Crippen LogP contribution >= 0.6 is 23.2 Å². The largest absolute Gasteiger partial charge is 0.481 e. The summed E-state index contributed by atoms with van der Waals surface area (Å²) in [5, 5.41) is 24.5. The van der Waals surface area contributed by atoms with Crippen molar-refractivity contribution in [3.05, 3.63) is 99.3 Å². The van der Waals surface area contributed by atoms with Crippen molar-refractivity contribution in [1.82, 2.24) is 10.3 Å². The van der Waals surface area contributed by atoms with Crippen molar-refractivity contribution in [1.29, 1.82) is 0 Å². The number of halogens is 2. The third-order valence-electron chi connectivity index (χ3n) is 7.63. The molecule has 1 amide bonds. The molecule has 2 aromatic carbocycles. The molecule has 39 heavy (non-hydrogen) atoms. The van der Waals surface area contributed by atoms with Crippen molar-refractivity contribution in [2.45, 2.75) is 69.9 Å². The minimum absolute atomic E-state index is 0.117. The molecule has 6 nitrogen and oxygen atoms in total. The normalized spacial score (nSPS) is 22.3. The second kappa shape index (κ2) is 11.7. The Morgan fingerprint density at radius 1 is 1.10 bits per heavy atom. The van der Waals surface area contributed by atoms with Gasteiger partial charge in [-0.25, -0.2) is 0 Å². The standard InChI is InChI=1S/C31H34Cl2N2O4/c1-30(2,39)27-9-5-8-25(34-27)23(19-10-12-21(32)13-11-19)14-15-26-24(20-6-4-7-22(33)16-20)17-31(3,18-28(36)37)29(38)35-26/h4-13,16,23-24,26,39H,14-15,17-18H2,1-3H3,(H,35,38)(H,36,37)/t23-,24-,26+,31+/m1/s1. The monoisotopic (exact) mass is 568 g/mol. The Hall–Kier alpha value is -2.93. The molecule has 0 spiro atoms. The lowest BCUT2D eigenvalue weighted by Gasteiger charge is -2.42. The molecule has 0 aliphatic carbocycles. The number of amides is 1. The Balaban J connectivity index is 1.68. The van der Waals surface area contributed by atoms with Gasteiger partial charge in [-0.3, -0.25) is 14.6 Å². The number of rotatable bonds is 9. The molecule has 4 atom stereocenters. The number of carboxylic acids is 1. The van der Waals surface area contributed by atoms with Crippen LogP contribution in [-0.2, 0) is 15.2 Å². The fourth-order valence-electron chi connectivity index (χ4n) is 5.52. The quantitative estimate of drug-likeness (QED) is 0.267. The van der Waals surface area contributed by atoms with Crippen LogP contribution in [0.2, 0.25) is 10.0 Å². The number of carboxylic acid groups (broad SMARTS) is 1. The molecule has 3 aromatic rings. The predicted molar refractivity (Wildman–Crippen MR) is 153 cm³/mol. The first-order valence-electron chi connectivity index (χ1n) is 13.1. The van der Waals surface area contributed by atoms with Gasteiger partial charge in [0.25, 0.3) is 0 Å². The Morgan fingerprint density at radius 3 is 2.44 bits per heavy atom. The van der Waals surface area contributed by atoms with Crippen molar-refractivity contribution in [2.24, 2.45) is 5.41 Å². The zero-order valence-corrected chi connectivity index (χ0v) is 23.8. The SMILES string of the molecule is CC(C)(O)c1cccc([C@H](CC[C@@H]2NC(=O)[C@](C)(CC(=O)O)C[C@@H]2c2cccc(Cl)c2)c2ccc(Cl)cc2)n1. The number of aliphatic carboxylic acids is 1. The van der Waals surface area contributed by atoms with E-state index in [1.165, 1.54) is 0 Å². The summed E-state index contributed by atoms with van der Waals surface area (Å²) in [6.07, 6.45) is 1.42. The highest BCUT2D eigenvalue weighted by Gasteiger charge is 2.45. The van der Waals surface area contributed by atoms with Crippen LogP contribution in [0.15, 0.2) is 66.7 Å². The van der Waals surface area contributed by atoms with E-state index < -0.39 is 17.0 Å². The van der Waals surface area contributed by atoms with Crippen molar-refractivity contribution in [3.8, 4) is 0 Å². The maximum atomic E-state index is 13.2. The summed E-state index contributed by atoms with van der Waals surface area (Å²) in [5.74, 6) is -1.49. The van der Waals surface area contributed by atoms with Crippen molar-refractivity contribution < 1.29 is 19.8 Å². The molecule has 206 valence electrons. The van der Waals surface area contributed by atoms with Crippen LogP contribution in [0.4, 0.5) is 0 Å². The van der Waals surface area contributed by atoms with Gasteiger partial charge < -0.3 is 15.5 Å². The molecule has 1 aliphatic rings. The summed E-state index contributed by atoms with van der Waals surface area (Å²) < 4.78 is 0. The summed E-state index contributed by atoms with van der Waals surface area (Å²) in [6, 6.07) is 20.6. The van der Waals surface area contributed by atoms with Gasteiger partial charge in [0.05, 0.1) is 17.5 Å². The molecule has 4 rings (SSSR count). The van der Waals surface area contributed by atoms with Crippen LogP contribution in [0, 0.1) is 5.41 Å². The van der Waals surface area contributed by atoms with Gasteiger partial charge >= 0.3 is 5.97 Å². The maximum Gasteiger partial charge on any atom is 0.304 e. The summed E-state index contributed by atoms with van der Waals surface area (Å²) in [7, 11) is 0. The van der Waals surface area contributed by atoms with E-state index >= 15 is 0 Å². The highest BCUT2D eigenvalue weighted by Crippen LogP contribution is 2.43. The molecule has 3 N–H and O–H groups in total. The highest BCUT2D eigenvalue weighted by molar-refractivity contribution is 6.30. The minimum atomic E-state index is -1.09. The maximum absolute atomic E-state index is 13.2. The van der Waals surface area contributed by atoms with Gasteiger partial charge in [0, 0.05) is 33.6 Å². The van der Waals surface area contributed by atoms with Gasteiger partial charge in [0.15, 0.2) is 0 Å². The number of nitrogens with one attached hydrogen (secondary N) is 1. The zero-order valence-electron chi connectivity index (χ0n) is 22.3. The number of carbonyl (C=O) groups is 2. The smallest absolute Gasteiger partial charge is 0.304 e. The zero-order chi connectivity index (χ0) is 28.4. The molecule has 8 heteroatoms. The van der Waals surface area contributed by atoms with Crippen LogP contribution in [0.1, 0.15) is 80.8 Å². The van der Waals surface area contributed by atoms with E-state index in [0.717, 1.165) is 16.8 Å². The van der Waals surface area contributed by atoms with E-state index in [4.69, 9.17) is 28.2 Å². The molecule has 1 aromatic heterocycles. The number of carbonyl (C=O) groups excluding carboxylic acids is 1. The molecule has 1 saturated heterocycles. The van der Waals surface area contributed by atoms with Crippen molar-refractivity contribution >= 4 is 35.1 Å². The Labute approximate surface area is 239 Å². The van der Waals surface area contributed by atoms with Gasteiger partial charge in [-0.15, -0.1) is 0 Å². The van der Waals surface area contributed by atoms with Crippen LogP contribution in [0.25, 0.3) is 0 Å². The number of hydrogen-bond acceptors (Lipinski definition) is 4. The molecule has 0 saturated carbocycles. The Morgan fingerprint density at radius 2 is 1.79 bits per heavy atom.